The van der Waals surface area contributed by atoms with E-state index in [1.807, 2.05) is 0 Å². The van der Waals surface area contributed by atoms with Crippen LogP contribution in [0.2, 0.25) is 0 Å². The molecule has 0 aromatic carbocycles. The third-order valence-electron chi connectivity index (χ3n) is 3.30. The average Bonchev–Trinajstić information content (AvgIpc) is 2.41. The first-order chi connectivity index (χ1) is 10.0. The maximum absolute atomic E-state index is 5.46. The molecule has 5 heteroatoms. The average molecular weight is 295 g/mol. The van der Waals surface area contributed by atoms with Crippen LogP contribution in [-0.2, 0) is 22.3 Å². The van der Waals surface area contributed by atoms with Crippen molar-refractivity contribution >= 4 is 0 Å². The van der Waals surface area contributed by atoms with Gasteiger partial charge in [0.1, 0.15) is 5.82 Å². The SMILES string of the molecule is COCCOCCc1nc(C)c(CCNC(C)C)c(C)n1. The summed E-state index contributed by atoms with van der Waals surface area (Å²) in [6, 6.07) is 0.509. The monoisotopic (exact) mass is 295 g/mol. The number of methoxy groups -OCH3 is 1. The molecule has 1 heterocycles. The molecule has 0 bridgehead atoms. The second-order valence-electron chi connectivity index (χ2n) is 5.50. The molecule has 0 saturated heterocycles. The number of rotatable bonds is 10. The molecule has 120 valence electrons. The van der Waals surface area contributed by atoms with Crippen molar-refractivity contribution in [3.63, 3.8) is 0 Å². The standard InChI is InChI=1S/C16H29N3O2/c1-12(2)17-8-6-15-13(3)18-16(19-14(15)4)7-9-21-11-10-20-5/h12,17H,6-11H2,1-5H3. The fraction of sp³-hybridized carbons (Fsp3) is 0.750. The van der Waals surface area contributed by atoms with Crippen LogP contribution in [0.4, 0.5) is 0 Å². The Balaban J connectivity index is 2.50. The first-order valence-corrected chi connectivity index (χ1v) is 7.67. The molecular formula is C16H29N3O2. The van der Waals surface area contributed by atoms with E-state index in [2.05, 4.69) is 43.0 Å². The Kier molecular flexibility index (Phi) is 8.42. The molecule has 1 aromatic rings. The molecule has 0 amide bonds. The normalized spacial score (nSPS) is 11.3. The zero-order valence-corrected chi connectivity index (χ0v) is 14.0. The summed E-state index contributed by atoms with van der Waals surface area (Å²) in [7, 11) is 1.67. The minimum Gasteiger partial charge on any atom is -0.382 e. The van der Waals surface area contributed by atoms with E-state index in [0.29, 0.717) is 25.9 Å². The highest BCUT2D eigenvalue weighted by molar-refractivity contribution is 5.24. The molecule has 0 atom stereocenters. The first-order valence-electron chi connectivity index (χ1n) is 7.67. The lowest BCUT2D eigenvalue weighted by molar-refractivity contribution is 0.0716. The summed E-state index contributed by atoms with van der Waals surface area (Å²) < 4.78 is 10.4. The van der Waals surface area contributed by atoms with Crippen molar-refractivity contribution in [2.45, 2.75) is 46.6 Å². The zero-order chi connectivity index (χ0) is 15.7. The number of hydrogen-bond acceptors (Lipinski definition) is 5. The summed E-state index contributed by atoms with van der Waals surface area (Å²) >= 11 is 0. The van der Waals surface area contributed by atoms with Gasteiger partial charge in [-0.15, -0.1) is 0 Å². The summed E-state index contributed by atoms with van der Waals surface area (Å²) in [5, 5.41) is 3.43. The van der Waals surface area contributed by atoms with Crippen LogP contribution >= 0.6 is 0 Å². The van der Waals surface area contributed by atoms with Gasteiger partial charge in [-0.1, -0.05) is 13.8 Å². The summed E-state index contributed by atoms with van der Waals surface area (Å²) in [4.78, 5) is 9.20. The number of aryl methyl sites for hydroxylation is 2. The number of hydrogen-bond donors (Lipinski definition) is 1. The van der Waals surface area contributed by atoms with Gasteiger partial charge in [-0.3, -0.25) is 0 Å². The Morgan fingerprint density at radius 1 is 1.00 bits per heavy atom. The van der Waals surface area contributed by atoms with Gasteiger partial charge in [-0.2, -0.15) is 0 Å². The van der Waals surface area contributed by atoms with Gasteiger partial charge in [-0.25, -0.2) is 9.97 Å². The molecule has 0 radical (unpaired) electrons. The molecule has 5 nitrogen and oxygen atoms in total. The van der Waals surface area contributed by atoms with Gasteiger partial charge >= 0.3 is 0 Å². The summed E-state index contributed by atoms with van der Waals surface area (Å²) in [6.45, 7) is 11.3. The van der Waals surface area contributed by atoms with Crippen molar-refractivity contribution in [1.29, 1.82) is 0 Å². The summed E-state index contributed by atoms with van der Waals surface area (Å²) in [5.41, 5.74) is 3.42. The molecule has 1 rings (SSSR count). The smallest absolute Gasteiger partial charge is 0.131 e. The first kappa shape index (κ1) is 18.0. The van der Waals surface area contributed by atoms with Gasteiger partial charge in [0.05, 0.1) is 19.8 Å². The molecule has 0 aliphatic heterocycles. The molecule has 1 aromatic heterocycles. The van der Waals surface area contributed by atoms with E-state index in [-0.39, 0.29) is 0 Å². The maximum Gasteiger partial charge on any atom is 0.131 e. The quantitative estimate of drug-likeness (QED) is 0.668. The predicted octanol–water partition coefficient (Wildman–Crippen LogP) is 1.84. The highest BCUT2D eigenvalue weighted by Gasteiger charge is 2.08. The van der Waals surface area contributed by atoms with Crippen LogP contribution in [0.5, 0.6) is 0 Å². The van der Waals surface area contributed by atoms with Crippen LogP contribution in [0.3, 0.4) is 0 Å². The van der Waals surface area contributed by atoms with Crippen molar-refractivity contribution in [1.82, 2.24) is 15.3 Å². The summed E-state index contributed by atoms with van der Waals surface area (Å²) in [6.07, 6.45) is 1.72. The number of ether oxygens (including phenoxy) is 2. The Hall–Kier alpha value is -1.04. The molecule has 0 fully saturated rings. The fourth-order valence-electron chi connectivity index (χ4n) is 2.18. The van der Waals surface area contributed by atoms with Gasteiger partial charge in [-0.05, 0) is 32.4 Å². The molecule has 0 spiro atoms. The molecule has 0 unspecified atom stereocenters. The fourth-order valence-corrected chi connectivity index (χ4v) is 2.18. The Bertz CT molecular complexity index is 399. The van der Waals surface area contributed by atoms with Crippen LogP contribution < -0.4 is 5.32 Å². The topological polar surface area (TPSA) is 56.3 Å². The number of aromatic nitrogens is 2. The number of nitrogens with one attached hydrogen (secondary N) is 1. The van der Waals surface area contributed by atoms with Gasteiger partial charge in [0, 0.05) is 31.0 Å². The van der Waals surface area contributed by atoms with E-state index in [9.17, 15) is 0 Å². The zero-order valence-electron chi connectivity index (χ0n) is 14.0. The van der Waals surface area contributed by atoms with Crippen molar-refractivity contribution < 1.29 is 9.47 Å². The van der Waals surface area contributed by atoms with Crippen molar-refractivity contribution in [3.8, 4) is 0 Å². The minimum atomic E-state index is 0.509. The van der Waals surface area contributed by atoms with Gasteiger partial charge in [0.2, 0.25) is 0 Å². The second kappa shape index (κ2) is 9.82. The van der Waals surface area contributed by atoms with Gasteiger partial charge in [0.15, 0.2) is 0 Å². The van der Waals surface area contributed by atoms with Gasteiger partial charge < -0.3 is 14.8 Å². The molecule has 21 heavy (non-hydrogen) atoms. The highest BCUT2D eigenvalue weighted by Crippen LogP contribution is 2.11. The second-order valence-corrected chi connectivity index (χ2v) is 5.50. The van der Waals surface area contributed by atoms with E-state index in [0.717, 1.165) is 36.6 Å². The predicted molar refractivity (Wildman–Crippen MR) is 84.7 cm³/mol. The third kappa shape index (κ3) is 6.98. The van der Waals surface area contributed by atoms with E-state index in [1.165, 1.54) is 5.56 Å². The lowest BCUT2D eigenvalue weighted by Gasteiger charge is -2.13. The van der Waals surface area contributed by atoms with Crippen LogP contribution in [0, 0.1) is 13.8 Å². The molecule has 0 aliphatic carbocycles. The summed E-state index contributed by atoms with van der Waals surface area (Å²) in [5.74, 6) is 0.864. The van der Waals surface area contributed by atoms with Crippen molar-refractivity contribution in [2.24, 2.45) is 0 Å². The highest BCUT2D eigenvalue weighted by atomic mass is 16.5. The van der Waals surface area contributed by atoms with Crippen LogP contribution in [0.15, 0.2) is 0 Å². The largest absolute Gasteiger partial charge is 0.382 e. The van der Waals surface area contributed by atoms with Crippen LogP contribution in [-0.4, -0.2) is 49.5 Å². The lowest BCUT2D eigenvalue weighted by atomic mass is 10.1. The minimum absolute atomic E-state index is 0.509. The van der Waals surface area contributed by atoms with Crippen molar-refractivity contribution in [2.75, 3.05) is 33.5 Å². The third-order valence-corrected chi connectivity index (χ3v) is 3.30. The van der Waals surface area contributed by atoms with Gasteiger partial charge in [0.25, 0.3) is 0 Å². The Labute approximate surface area is 128 Å². The molecular weight excluding hydrogens is 266 g/mol. The molecule has 0 aliphatic rings. The van der Waals surface area contributed by atoms with E-state index >= 15 is 0 Å². The molecule has 1 N–H and O–H groups in total. The van der Waals surface area contributed by atoms with E-state index in [4.69, 9.17) is 9.47 Å². The number of nitrogens with zero attached hydrogens (tertiary/aromatic N) is 2. The van der Waals surface area contributed by atoms with Crippen LogP contribution in [0.25, 0.3) is 0 Å². The Morgan fingerprint density at radius 3 is 2.24 bits per heavy atom. The lowest BCUT2D eigenvalue weighted by Crippen LogP contribution is -2.25. The van der Waals surface area contributed by atoms with Crippen molar-refractivity contribution in [3.05, 3.63) is 22.8 Å². The van der Waals surface area contributed by atoms with E-state index in [1.54, 1.807) is 7.11 Å². The van der Waals surface area contributed by atoms with Crippen LogP contribution in [0.1, 0.15) is 36.6 Å². The Morgan fingerprint density at radius 2 is 1.67 bits per heavy atom. The molecule has 0 saturated carbocycles. The maximum atomic E-state index is 5.46. The van der Waals surface area contributed by atoms with E-state index < -0.39 is 0 Å².